The molecule has 0 aliphatic heterocycles. The molecule has 0 aromatic rings. The van der Waals surface area contributed by atoms with E-state index in [4.69, 9.17) is 5.11 Å². The molecule has 0 aromatic heterocycles. The Hall–Kier alpha value is -1.07. The molecule has 2 nitrogen and oxygen atoms in total. The summed E-state index contributed by atoms with van der Waals surface area (Å²) in [6.45, 7) is 0.848. The van der Waals surface area contributed by atoms with Crippen LogP contribution in [0.3, 0.4) is 0 Å². The molecule has 13 heavy (non-hydrogen) atoms. The largest absolute Gasteiger partial charge is 0.478 e. The predicted molar refractivity (Wildman–Crippen MR) is 37.0 cm³/mol. The summed E-state index contributed by atoms with van der Waals surface area (Å²) in [4.78, 5) is 10.1. The van der Waals surface area contributed by atoms with E-state index in [0.29, 0.717) is 0 Å². The van der Waals surface area contributed by atoms with Crippen molar-refractivity contribution in [1.29, 1.82) is 0 Å². The highest BCUT2D eigenvalue weighted by atomic mass is 19.3. The summed E-state index contributed by atoms with van der Waals surface area (Å²) in [5, 5.41) is 8.16. The Kier molecular flexibility index (Phi) is 3.08. The van der Waals surface area contributed by atoms with Crippen LogP contribution >= 0.6 is 0 Å². The average molecular weight is 200 g/mol. The van der Waals surface area contributed by atoms with Gasteiger partial charge in [-0.2, -0.15) is 17.6 Å². The molecule has 0 saturated heterocycles. The topological polar surface area (TPSA) is 37.3 Å². The third kappa shape index (κ3) is 3.04. The van der Waals surface area contributed by atoms with E-state index in [0.717, 1.165) is 6.92 Å². The van der Waals surface area contributed by atoms with Crippen molar-refractivity contribution < 1.29 is 27.5 Å². The number of aliphatic carboxylic acids is 1. The zero-order chi connectivity index (χ0) is 10.9. The van der Waals surface area contributed by atoms with Crippen molar-refractivity contribution in [3.05, 3.63) is 11.6 Å². The second-order valence-electron chi connectivity index (χ2n) is 2.64. The summed E-state index contributed by atoms with van der Waals surface area (Å²) >= 11 is 0. The van der Waals surface area contributed by atoms with Gasteiger partial charge in [-0.25, -0.2) is 4.79 Å². The van der Waals surface area contributed by atoms with E-state index < -0.39 is 23.4 Å². The molecule has 0 aliphatic rings. The van der Waals surface area contributed by atoms with E-state index in [1.165, 1.54) is 0 Å². The molecule has 0 aliphatic carbocycles. The molecule has 0 amide bonds. The molecule has 6 heteroatoms. The van der Waals surface area contributed by atoms with Gasteiger partial charge in [0.15, 0.2) is 0 Å². The van der Waals surface area contributed by atoms with Crippen LogP contribution in [0, 0.1) is 0 Å². The predicted octanol–water partition coefficient (Wildman–Crippen LogP) is 2.31. The van der Waals surface area contributed by atoms with Gasteiger partial charge in [0.05, 0.1) is 0 Å². The van der Waals surface area contributed by atoms with Gasteiger partial charge in [-0.15, -0.1) is 0 Å². The number of hydrogen-bond acceptors (Lipinski definition) is 1. The molecule has 1 N–H and O–H groups in total. The van der Waals surface area contributed by atoms with Gasteiger partial charge in [0.2, 0.25) is 0 Å². The molecule has 0 unspecified atom stereocenters. The number of halogens is 4. The summed E-state index contributed by atoms with van der Waals surface area (Å²) in [7, 11) is 0. The van der Waals surface area contributed by atoms with Gasteiger partial charge in [0.25, 0.3) is 0 Å². The second-order valence-corrected chi connectivity index (χ2v) is 2.64. The van der Waals surface area contributed by atoms with Gasteiger partial charge in [-0.05, 0) is 6.92 Å². The lowest BCUT2D eigenvalue weighted by atomic mass is 10.1. The molecule has 0 atom stereocenters. The maximum absolute atomic E-state index is 12.5. The quantitative estimate of drug-likeness (QED) is 0.560. The minimum Gasteiger partial charge on any atom is -0.478 e. The van der Waals surface area contributed by atoms with Crippen LogP contribution in [-0.2, 0) is 4.79 Å². The fourth-order valence-electron chi connectivity index (χ4n) is 0.460. The number of rotatable bonds is 3. The summed E-state index contributed by atoms with van der Waals surface area (Å²) in [5.74, 6) is -10.3. The minimum atomic E-state index is -4.44. The second kappa shape index (κ2) is 3.35. The molecule has 0 spiro atoms. The van der Waals surface area contributed by atoms with Crippen molar-refractivity contribution in [2.45, 2.75) is 25.7 Å². The molecule has 76 valence electrons. The van der Waals surface area contributed by atoms with Gasteiger partial charge in [0, 0.05) is 18.6 Å². The smallest absolute Gasteiger partial charge is 0.331 e. The Morgan fingerprint density at radius 1 is 1.31 bits per heavy atom. The van der Waals surface area contributed by atoms with Crippen molar-refractivity contribution in [3.8, 4) is 0 Å². The zero-order valence-electron chi connectivity index (χ0n) is 6.94. The minimum absolute atomic E-state index is 0.0264. The summed E-state index contributed by atoms with van der Waals surface area (Å²) in [6.07, 6.45) is -0.255. The highest BCUT2D eigenvalue weighted by Crippen LogP contribution is 2.35. The maximum Gasteiger partial charge on any atom is 0.331 e. The number of alkyl halides is 4. The van der Waals surface area contributed by atoms with Gasteiger partial charge < -0.3 is 5.11 Å². The molecule has 0 aromatic carbocycles. The van der Waals surface area contributed by atoms with Gasteiger partial charge in [-0.3, -0.25) is 0 Å². The molecular formula is C7H8F4O2. The van der Waals surface area contributed by atoms with Crippen LogP contribution in [0.4, 0.5) is 17.6 Å². The van der Waals surface area contributed by atoms with Crippen LogP contribution in [0.2, 0.25) is 0 Å². The Morgan fingerprint density at radius 3 is 1.92 bits per heavy atom. The molecule has 0 saturated carbocycles. The SMILES string of the molecule is C/C(=C\C(F)(F)C(C)(F)F)C(=O)O. The van der Waals surface area contributed by atoms with Crippen LogP contribution < -0.4 is 0 Å². The van der Waals surface area contributed by atoms with Crippen LogP contribution in [0.25, 0.3) is 0 Å². The van der Waals surface area contributed by atoms with Crippen molar-refractivity contribution >= 4 is 5.97 Å². The van der Waals surface area contributed by atoms with E-state index in [2.05, 4.69) is 0 Å². The first-order valence-electron chi connectivity index (χ1n) is 3.26. The van der Waals surface area contributed by atoms with E-state index in [9.17, 15) is 22.4 Å². The molecule has 0 radical (unpaired) electrons. The van der Waals surface area contributed by atoms with Crippen molar-refractivity contribution in [1.82, 2.24) is 0 Å². The molecular weight excluding hydrogens is 192 g/mol. The lowest BCUT2D eigenvalue weighted by Crippen LogP contribution is -2.36. The molecule has 0 rings (SSSR count). The number of allylic oxidation sites excluding steroid dienone is 1. The maximum atomic E-state index is 12.5. The summed E-state index contributed by atoms with van der Waals surface area (Å²) < 4.78 is 49.2. The van der Waals surface area contributed by atoms with Crippen LogP contribution in [0.5, 0.6) is 0 Å². The average Bonchev–Trinajstić information content (AvgIpc) is 1.83. The molecule has 0 heterocycles. The lowest BCUT2D eigenvalue weighted by Gasteiger charge is -2.19. The van der Waals surface area contributed by atoms with E-state index >= 15 is 0 Å². The zero-order valence-corrected chi connectivity index (χ0v) is 6.94. The van der Waals surface area contributed by atoms with Crippen molar-refractivity contribution in [3.63, 3.8) is 0 Å². The fraction of sp³-hybridized carbons (Fsp3) is 0.571. The number of carbonyl (C=O) groups is 1. The Morgan fingerprint density at radius 2 is 1.69 bits per heavy atom. The van der Waals surface area contributed by atoms with E-state index in [-0.39, 0.29) is 13.0 Å². The Labute approximate surface area is 71.9 Å². The monoisotopic (exact) mass is 200 g/mol. The van der Waals surface area contributed by atoms with E-state index in [1.54, 1.807) is 0 Å². The number of hydrogen-bond donors (Lipinski definition) is 1. The van der Waals surface area contributed by atoms with Gasteiger partial charge in [0.1, 0.15) is 0 Å². The third-order valence-corrected chi connectivity index (χ3v) is 1.32. The van der Waals surface area contributed by atoms with Crippen LogP contribution in [-0.4, -0.2) is 22.9 Å². The lowest BCUT2D eigenvalue weighted by molar-refractivity contribution is -0.167. The number of carboxylic acids is 1. The number of carboxylic acid groups (broad SMARTS) is 1. The Balaban J connectivity index is 4.89. The first kappa shape index (κ1) is 11.9. The standard InChI is InChI=1S/C7H8F4O2/c1-4(5(12)13)3-7(10,11)6(2,8)9/h3H,1-2H3,(H,12,13)/b4-3+. The van der Waals surface area contributed by atoms with E-state index in [1.807, 2.05) is 0 Å². The molecule has 0 bridgehead atoms. The van der Waals surface area contributed by atoms with Crippen molar-refractivity contribution in [2.75, 3.05) is 0 Å². The van der Waals surface area contributed by atoms with Gasteiger partial charge >= 0.3 is 17.8 Å². The van der Waals surface area contributed by atoms with Crippen molar-refractivity contribution in [2.24, 2.45) is 0 Å². The highest BCUT2D eigenvalue weighted by Gasteiger charge is 2.50. The normalized spacial score (nSPS) is 14.5. The highest BCUT2D eigenvalue weighted by molar-refractivity contribution is 5.85. The van der Waals surface area contributed by atoms with Gasteiger partial charge in [-0.1, -0.05) is 0 Å². The first-order chi connectivity index (χ1) is 5.58. The first-order valence-corrected chi connectivity index (χ1v) is 3.26. The fourth-order valence-corrected chi connectivity index (χ4v) is 0.460. The summed E-state index contributed by atoms with van der Waals surface area (Å²) in [5.41, 5.74) is -0.813. The van der Waals surface area contributed by atoms with Crippen LogP contribution in [0.1, 0.15) is 13.8 Å². The summed E-state index contributed by atoms with van der Waals surface area (Å²) in [6, 6.07) is 0. The molecule has 0 fully saturated rings. The van der Waals surface area contributed by atoms with Crippen LogP contribution in [0.15, 0.2) is 11.6 Å². The third-order valence-electron chi connectivity index (χ3n) is 1.32. The Bertz CT molecular complexity index is 239.